The lowest BCUT2D eigenvalue weighted by Crippen LogP contribution is -2.63. The summed E-state index contributed by atoms with van der Waals surface area (Å²) in [7, 11) is 3.69. The van der Waals surface area contributed by atoms with Gasteiger partial charge in [-0.25, -0.2) is 10.0 Å². The first-order valence-electron chi connectivity index (χ1n) is 4.67. The summed E-state index contributed by atoms with van der Waals surface area (Å²) in [5.41, 5.74) is -0.644. The Morgan fingerprint density at radius 1 is 1.57 bits per heavy atom. The van der Waals surface area contributed by atoms with Crippen LogP contribution in [0.3, 0.4) is 0 Å². The maximum atomic E-state index is 11.1. The van der Waals surface area contributed by atoms with Crippen LogP contribution in [0.25, 0.3) is 0 Å². The lowest BCUT2D eigenvalue weighted by atomic mass is 9.96. The molecule has 1 unspecified atom stereocenters. The van der Waals surface area contributed by atoms with Crippen molar-refractivity contribution >= 4 is 5.97 Å². The molecule has 1 rings (SSSR count). The highest BCUT2D eigenvalue weighted by Gasteiger charge is 2.44. The minimum absolute atomic E-state index is 0.564. The van der Waals surface area contributed by atoms with Gasteiger partial charge in [0.25, 0.3) is 0 Å². The lowest BCUT2D eigenvalue weighted by Gasteiger charge is -2.46. The fourth-order valence-electron chi connectivity index (χ4n) is 1.82. The lowest BCUT2D eigenvalue weighted by molar-refractivity contribution is -0.200. The van der Waals surface area contributed by atoms with Crippen LogP contribution in [0.15, 0.2) is 0 Å². The number of hydrogen-bond donors (Lipinski definition) is 1. The van der Waals surface area contributed by atoms with E-state index in [0.717, 1.165) is 0 Å². The summed E-state index contributed by atoms with van der Waals surface area (Å²) >= 11 is 0. The van der Waals surface area contributed by atoms with Crippen LogP contribution in [0.1, 0.15) is 13.8 Å². The monoisotopic (exact) mass is 202 g/mol. The highest BCUT2D eigenvalue weighted by Crippen LogP contribution is 2.25. The molecule has 0 saturated carbocycles. The largest absolute Gasteiger partial charge is 0.480 e. The SMILES string of the molecule is CN(C)N1CCOC(C)(C)C1C(=O)O. The summed E-state index contributed by atoms with van der Waals surface area (Å²) < 4.78 is 5.47. The van der Waals surface area contributed by atoms with Crippen LogP contribution in [0.2, 0.25) is 0 Å². The van der Waals surface area contributed by atoms with Gasteiger partial charge in [0.1, 0.15) is 0 Å². The average molecular weight is 202 g/mol. The van der Waals surface area contributed by atoms with Gasteiger partial charge < -0.3 is 9.84 Å². The molecular formula is C9H18N2O3. The number of carboxylic acids is 1. The van der Waals surface area contributed by atoms with Gasteiger partial charge in [-0.15, -0.1) is 0 Å². The first-order valence-corrected chi connectivity index (χ1v) is 4.67. The molecule has 0 aromatic rings. The van der Waals surface area contributed by atoms with Crippen LogP contribution in [-0.4, -0.2) is 60.0 Å². The van der Waals surface area contributed by atoms with Crippen molar-refractivity contribution in [2.75, 3.05) is 27.2 Å². The van der Waals surface area contributed by atoms with E-state index in [9.17, 15) is 4.79 Å². The first kappa shape index (κ1) is 11.4. The number of hydrazine groups is 1. The van der Waals surface area contributed by atoms with Crippen molar-refractivity contribution in [3.05, 3.63) is 0 Å². The molecule has 0 amide bonds. The Balaban J connectivity index is 2.90. The molecule has 0 aromatic carbocycles. The van der Waals surface area contributed by atoms with Gasteiger partial charge in [0.2, 0.25) is 0 Å². The van der Waals surface area contributed by atoms with E-state index in [-0.39, 0.29) is 0 Å². The van der Waals surface area contributed by atoms with Crippen molar-refractivity contribution < 1.29 is 14.6 Å². The number of ether oxygens (including phenoxy) is 1. The predicted molar refractivity (Wildman–Crippen MR) is 51.8 cm³/mol. The Kier molecular flexibility index (Phi) is 3.14. The fraction of sp³-hybridized carbons (Fsp3) is 0.889. The van der Waals surface area contributed by atoms with E-state index < -0.39 is 17.6 Å². The van der Waals surface area contributed by atoms with Gasteiger partial charge in [0, 0.05) is 20.6 Å². The highest BCUT2D eigenvalue weighted by molar-refractivity contribution is 5.75. The molecule has 1 N–H and O–H groups in total. The van der Waals surface area contributed by atoms with E-state index in [1.54, 1.807) is 13.8 Å². The number of nitrogens with zero attached hydrogens (tertiary/aromatic N) is 2. The Morgan fingerprint density at radius 2 is 2.14 bits per heavy atom. The topological polar surface area (TPSA) is 53.0 Å². The van der Waals surface area contributed by atoms with E-state index in [0.29, 0.717) is 13.2 Å². The van der Waals surface area contributed by atoms with Crippen LogP contribution in [0, 0.1) is 0 Å². The highest BCUT2D eigenvalue weighted by atomic mass is 16.5. The smallest absolute Gasteiger partial charge is 0.325 e. The average Bonchev–Trinajstić information content (AvgIpc) is 2.00. The third-order valence-electron chi connectivity index (χ3n) is 2.50. The third-order valence-corrected chi connectivity index (χ3v) is 2.50. The summed E-state index contributed by atoms with van der Waals surface area (Å²) in [5.74, 6) is -0.844. The predicted octanol–water partition coefficient (Wildman–Crippen LogP) is 0.0270. The molecule has 0 radical (unpaired) electrons. The summed E-state index contributed by atoms with van der Waals surface area (Å²) in [6.07, 6.45) is 0. The molecule has 1 saturated heterocycles. The number of aliphatic carboxylic acids is 1. The van der Waals surface area contributed by atoms with Crippen molar-refractivity contribution in [2.45, 2.75) is 25.5 Å². The zero-order valence-electron chi connectivity index (χ0n) is 9.15. The van der Waals surface area contributed by atoms with Gasteiger partial charge in [-0.2, -0.15) is 0 Å². The molecule has 1 aliphatic heterocycles. The molecule has 0 spiro atoms. The second-order valence-electron chi connectivity index (χ2n) is 4.20. The molecule has 82 valence electrons. The van der Waals surface area contributed by atoms with Crippen LogP contribution in [0.4, 0.5) is 0 Å². The zero-order chi connectivity index (χ0) is 10.9. The minimum Gasteiger partial charge on any atom is -0.480 e. The minimum atomic E-state index is -0.844. The van der Waals surface area contributed by atoms with Crippen molar-refractivity contribution in [1.82, 2.24) is 10.0 Å². The van der Waals surface area contributed by atoms with E-state index in [1.807, 2.05) is 24.1 Å². The van der Waals surface area contributed by atoms with Gasteiger partial charge in [0.05, 0.1) is 12.2 Å². The first-order chi connectivity index (χ1) is 6.36. The summed E-state index contributed by atoms with van der Waals surface area (Å²) in [4.78, 5) is 11.1. The number of rotatable bonds is 2. The maximum Gasteiger partial charge on any atom is 0.325 e. The summed E-state index contributed by atoms with van der Waals surface area (Å²) in [5, 5.41) is 12.8. The van der Waals surface area contributed by atoms with Crippen LogP contribution >= 0.6 is 0 Å². The van der Waals surface area contributed by atoms with Gasteiger partial charge in [0.15, 0.2) is 6.04 Å². The molecule has 5 nitrogen and oxygen atoms in total. The molecule has 5 heteroatoms. The van der Waals surface area contributed by atoms with E-state index >= 15 is 0 Å². The molecule has 1 heterocycles. The molecule has 1 fully saturated rings. The number of carboxylic acid groups (broad SMARTS) is 1. The second-order valence-corrected chi connectivity index (χ2v) is 4.20. The Hall–Kier alpha value is -0.650. The van der Waals surface area contributed by atoms with Crippen molar-refractivity contribution in [3.63, 3.8) is 0 Å². The van der Waals surface area contributed by atoms with Gasteiger partial charge in [-0.1, -0.05) is 0 Å². The number of morpholine rings is 1. The summed E-state index contributed by atoms with van der Waals surface area (Å²) in [6, 6.07) is -0.619. The Bertz CT molecular complexity index is 228. The van der Waals surface area contributed by atoms with Crippen LogP contribution in [-0.2, 0) is 9.53 Å². The van der Waals surface area contributed by atoms with E-state index in [2.05, 4.69) is 0 Å². The van der Waals surface area contributed by atoms with Crippen molar-refractivity contribution in [3.8, 4) is 0 Å². The van der Waals surface area contributed by atoms with Crippen molar-refractivity contribution in [2.24, 2.45) is 0 Å². The van der Waals surface area contributed by atoms with Gasteiger partial charge >= 0.3 is 5.97 Å². The molecule has 0 aromatic heterocycles. The van der Waals surface area contributed by atoms with E-state index in [1.165, 1.54) is 0 Å². The Morgan fingerprint density at radius 3 is 2.50 bits per heavy atom. The second kappa shape index (κ2) is 3.84. The number of hydrogen-bond acceptors (Lipinski definition) is 4. The molecule has 1 atom stereocenters. The number of carbonyl (C=O) groups is 1. The summed E-state index contributed by atoms with van der Waals surface area (Å²) in [6.45, 7) is 4.80. The fourth-order valence-corrected chi connectivity index (χ4v) is 1.82. The molecule has 1 aliphatic rings. The standard InChI is InChI=1S/C9H18N2O3/c1-9(2)7(8(12)13)11(10(3)4)5-6-14-9/h7H,5-6H2,1-4H3,(H,12,13). The Labute approximate surface area is 84.2 Å². The maximum absolute atomic E-state index is 11.1. The van der Waals surface area contributed by atoms with Gasteiger partial charge in [-0.3, -0.25) is 4.79 Å². The van der Waals surface area contributed by atoms with E-state index in [4.69, 9.17) is 9.84 Å². The molecule has 0 bridgehead atoms. The van der Waals surface area contributed by atoms with Crippen LogP contribution in [0.5, 0.6) is 0 Å². The van der Waals surface area contributed by atoms with Gasteiger partial charge in [-0.05, 0) is 13.8 Å². The molecular weight excluding hydrogens is 184 g/mol. The van der Waals surface area contributed by atoms with Crippen molar-refractivity contribution in [1.29, 1.82) is 0 Å². The zero-order valence-corrected chi connectivity index (χ0v) is 9.15. The van der Waals surface area contributed by atoms with Crippen LogP contribution < -0.4 is 0 Å². The third kappa shape index (κ3) is 2.05. The molecule has 14 heavy (non-hydrogen) atoms. The molecule has 0 aliphatic carbocycles. The quantitative estimate of drug-likeness (QED) is 0.684. The normalized spacial score (nSPS) is 27.9.